The van der Waals surface area contributed by atoms with Crippen molar-refractivity contribution in [2.24, 2.45) is 0 Å². The third-order valence-corrected chi connectivity index (χ3v) is 21.1. The van der Waals surface area contributed by atoms with E-state index in [4.69, 9.17) is 0 Å². The minimum Gasteiger partial charge on any atom is -0.260 e. The van der Waals surface area contributed by atoms with Gasteiger partial charge < -0.3 is 0 Å². The monoisotopic (exact) mass is 1050 g/mol. The van der Waals surface area contributed by atoms with E-state index in [0.717, 1.165) is 105 Å². The van der Waals surface area contributed by atoms with Gasteiger partial charge in [0.25, 0.3) is 0 Å². The molecule has 0 aliphatic carbocycles. The molecular formula is C70H98N8+4. The van der Waals surface area contributed by atoms with Crippen molar-refractivity contribution in [2.45, 2.75) is 191 Å². The fourth-order valence-electron chi connectivity index (χ4n) is 13.7. The lowest BCUT2D eigenvalue weighted by Gasteiger charge is -2.19. The molecule has 0 atom stereocenters. The van der Waals surface area contributed by atoms with E-state index >= 15 is 0 Å². The predicted octanol–water partition coefficient (Wildman–Crippen LogP) is 12.1. The third-order valence-electron chi connectivity index (χ3n) is 21.1. The van der Waals surface area contributed by atoms with E-state index in [-0.39, 0.29) is 0 Å². The summed E-state index contributed by atoms with van der Waals surface area (Å²) in [4.78, 5) is 10.3. The molecule has 5 aromatic rings. The summed E-state index contributed by atoms with van der Waals surface area (Å²) in [6, 6.07) is 5.30. The fraction of sp³-hybridized carbons (Fsp3) is 0.514. The molecule has 8 nitrogen and oxygen atoms in total. The van der Waals surface area contributed by atoms with E-state index in [1.807, 2.05) is 0 Å². The molecule has 0 saturated heterocycles. The summed E-state index contributed by atoms with van der Waals surface area (Å²) in [6.45, 7) is 62.0. The fourth-order valence-corrected chi connectivity index (χ4v) is 13.7. The lowest BCUT2D eigenvalue weighted by Crippen LogP contribution is -2.21. The van der Waals surface area contributed by atoms with Gasteiger partial charge in [-0.15, -0.1) is 0 Å². The zero-order chi connectivity index (χ0) is 56.3. The van der Waals surface area contributed by atoms with Gasteiger partial charge in [-0.2, -0.15) is 0 Å². The molecule has 0 aromatic heterocycles. The zero-order valence-electron chi connectivity index (χ0n) is 52.4. The SMILES string of the molecule is Cc1c(C)c(C)c(CN2C=[N+](Cc3cc(C[N+]4=CN(Cc5c(C)c(C)c(C)c(C)c5C)CC4)c(C[N+]4=CN(Cc5c(C)c(C)c(C)c(C)c5C)CC4)cc3C[N+]3=CN(Cc4c(C)c(C)c(C)c(C)c4C)CC3)CC2)c(C)c1C. The van der Waals surface area contributed by atoms with E-state index in [1.54, 1.807) is 0 Å². The Morgan fingerprint density at radius 3 is 0.564 bits per heavy atom. The first-order valence-electron chi connectivity index (χ1n) is 29.6. The van der Waals surface area contributed by atoms with Crippen LogP contribution in [0, 0.1) is 138 Å². The molecular weight excluding hydrogens is 953 g/mol. The summed E-state index contributed by atoms with van der Waals surface area (Å²) < 4.78 is 10.4. The van der Waals surface area contributed by atoms with Crippen molar-refractivity contribution < 1.29 is 18.3 Å². The van der Waals surface area contributed by atoms with Crippen LogP contribution in [-0.2, 0) is 52.4 Å². The Kier molecular flexibility index (Phi) is 16.4. The third kappa shape index (κ3) is 11.0. The first-order chi connectivity index (χ1) is 36.9. The normalized spacial score (nSPS) is 15.6. The van der Waals surface area contributed by atoms with E-state index in [9.17, 15) is 0 Å². The van der Waals surface area contributed by atoms with Gasteiger partial charge in [-0.3, -0.25) is 37.9 Å². The van der Waals surface area contributed by atoms with Gasteiger partial charge in [0.2, 0.25) is 25.4 Å². The Morgan fingerprint density at radius 2 is 0.397 bits per heavy atom. The standard InChI is InChI=1S/C70H98N8/c1-43-47(5)55(13)67(56(14)48(43)6)35-75-25-21-71(39-75)31-63-29-65(33-73-23-27-77(41-73)37-69-59(17)51(9)45(3)52(10)60(69)18)66(34-74-24-28-78(42-74)38-70-61(19)53(11)46(4)54(12)62(70)20)30-64(63)32-72-22-26-76(40-72)36-68-57(15)49(7)44(2)50(8)58(68)16/h29-30,39-42H,21-28,31-38H2,1-20H3/q+4. The molecule has 0 amide bonds. The number of hydrogen-bond acceptors (Lipinski definition) is 4. The van der Waals surface area contributed by atoms with Crippen LogP contribution < -0.4 is 0 Å². The molecule has 0 saturated carbocycles. The summed E-state index contributed by atoms with van der Waals surface area (Å²) >= 11 is 0. The predicted molar refractivity (Wildman–Crippen MR) is 328 cm³/mol. The van der Waals surface area contributed by atoms with Crippen LogP contribution in [0.5, 0.6) is 0 Å². The van der Waals surface area contributed by atoms with Crippen LogP contribution in [0.3, 0.4) is 0 Å². The molecule has 9 rings (SSSR count). The maximum atomic E-state index is 2.65. The Morgan fingerprint density at radius 1 is 0.244 bits per heavy atom. The average Bonchev–Trinajstić information content (AvgIpc) is 4.27. The number of hydrogen-bond donors (Lipinski definition) is 0. The summed E-state index contributed by atoms with van der Waals surface area (Å²) in [5, 5.41) is 0. The van der Waals surface area contributed by atoms with Gasteiger partial charge in [0, 0.05) is 22.3 Å². The van der Waals surface area contributed by atoms with Crippen LogP contribution >= 0.6 is 0 Å². The molecule has 0 fully saturated rings. The van der Waals surface area contributed by atoms with Crippen LogP contribution in [0.2, 0.25) is 0 Å². The minimum absolute atomic E-state index is 0.902. The highest BCUT2D eigenvalue weighted by Gasteiger charge is 2.31. The van der Waals surface area contributed by atoms with Gasteiger partial charge >= 0.3 is 0 Å². The van der Waals surface area contributed by atoms with Gasteiger partial charge in [0.15, 0.2) is 0 Å². The maximum absolute atomic E-state index is 2.65. The molecule has 5 aromatic carbocycles. The van der Waals surface area contributed by atoms with E-state index in [0.29, 0.717) is 0 Å². The molecule has 0 unspecified atom stereocenters. The van der Waals surface area contributed by atoms with Crippen LogP contribution in [0.25, 0.3) is 0 Å². The molecule has 4 heterocycles. The molecule has 0 N–H and O–H groups in total. The maximum Gasteiger partial charge on any atom is 0.234 e. The summed E-state index contributed by atoms with van der Waals surface area (Å²) in [5.41, 5.74) is 40.7. The highest BCUT2D eigenvalue weighted by molar-refractivity contribution is 5.58. The van der Waals surface area contributed by atoms with Crippen LogP contribution in [0.1, 0.15) is 156 Å². The zero-order valence-corrected chi connectivity index (χ0v) is 52.4. The van der Waals surface area contributed by atoms with Crippen molar-refractivity contribution in [2.75, 3.05) is 52.4 Å². The second-order valence-electron chi connectivity index (χ2n) is 25.0. The lowest BCUT2D eigenvalue weighted by molar-refractivity contribution is -0.538. The quantitative estimate of drug-likeness (QED) is 0.0920. The summed E-state index contributed by atoms with van der Waals surface area (Å²) in [7, 11) is 0. The molecule has 4 aliphatic heterocycles. The molecule has 414 valence electrons. The van der Waals surface area contributed by atoms with Gasteiger partial charge in [-0.25, -0.2) is 0 Å². The summed E-state index contributed by atoms with van der Waals surface area (Å²) in [6.07, 6.45) is 9.83. The number of rotatable bonds is 16. The Hall–Kier alpha value is -6.02. The molecule has 78 heavy (non-hydrogen) atoms. The molecule has 8 heteroatoms. The molecule has 0 radical (unpaired) electrons. The Labute approximate surface area is 472 Å². The number of nitrogens with zero attached hydrogens (tertiary/aromatic N) is 8. The minimum atomic E-state index is 0.902. The second kappa shape index (κ2) is 22.6. The van der Waals surface area contributed by atoms with Gasteiger partial charge in [-0.05, 0) is 284 Å². The smallest absolute Gasteiger partial charge is 0.234 e. The van der Waals surface area contributed by atoms with Crippen molar-refractivity contribution >= 4 is 25.4 Å². The largest absolute Gasteiger partial charge is 0.260 e. The van der Waals surface area contributed by atoms with Crippen molar-refractivity contribution in [3.05, 3.63) is 168 Å². The van der Waals surface area contributed by atoms with E-state index < -0.39 is 0 Å². The average molecular weight is 1050 g/mol. The number of benzene rings is 5. The van der Waals surface area contributed by atoms with Crippen molar-refractivity contribution in [3.63, 3.8) is 0 Å². The van der Waals surface area contributed by atoms with Gasteiger partial charge in [-0.1, -0.05) is 0 Å². The van der Waals surface area contributed by atoms with Crippen molar-refractivity contribution in [1.82, 2.24) is 19.6 Å². The first kappa shape index (κ1) is 56.7. The van der Waals surface area contributed by atoms with Crippen LogP contribution in [-0.4, -0.2) is 116 Å². The van der Waals surface area contributed by atoms with Crippen molar-refractivity contribution in [1.29, 1.82) is 0 Å². The van der Waals surface area contributed by atoms with E-state index in [1.165, 1.54) is 156 Å². The summed E-state index contributed by atoms with van der Waals surface area (Å²) in [5.74, 6) is 0. The first-order valence-corrected chi connectivity index (χ1v) is 29.6. The van der Waals surface area contributed by atoms with Gasteiger partial charge in [0.05, 0.1) is 0 Å². The van der Waals surface area contributed by atoms with Crippen LogP contribution in [0.4, 0.5) is 0 Å². The van der Waals surface area contributed by atoms with Gasteiger partial charge in [0.1, 0.15) is 105 Å². The highest BCUT2D eigenvalue weighted by Crippen LogP contribution is 2.32. The lowest BCUT2D eigenvalue weighted by atomic mass is 9.89. The Balaban J connectivity index is 1.08. The van der Waals surface area contributed by atoms with Crippen molar-refractivity contribution in [3.8, 4) is 0 Å². The second-order valence-corrected chi connectivity index (χ2v) is 25.0. The topological polar surface area (TPSA) is 25.0 Å². The molecule has 0 bridgehead atoms. The highest BCUT2D eigenvalue weighted by atomic mass is 15.3. The van der Waals surface area contributed by atoms with Crippen LogP contribution in [0.15, 0.2) is 12.1 Å². The van der Waals surface area contributed by atoms with E-state index in [2.05, 4.69) is 214 Å². The molecule has 0 spiro atoms. The molecule has 4 aliphatic rings. The Bertz CT molecular complexity index is 2820.